The number of anilines is 1. The molecule has 26 heavy (non-hydrogen) atoms. The van der Waals surface area contributed by atoms with Crippen molar-refractivity contribution in [2.24, 2.45) is 0 Å². The van der Waals surface area contributed by atoms with Crippen LogP contribution < -0.4 is 10.1 Å². The van der Waals surface area contributed by atoms with E-state index in [1.165, 1.54) is 13.2 Å². The first kappa shape index (κ1) is 17.9. The van der Waals surface area contributed by atoms with Crippen LogP contribution in [0.5, 0.6) is 5.75 Å². The highest BCUT2D eigenvalue weighted by molar-refractivity contribution is 7.90. The minimum Gasteiger partial charge on any atom is -0.495 e. The zero-order valence-corrected chi connectivity index (χ0v) is 15.4. The van der Waals surface area contributed by atoms with Crippen LogP contribution >= 0.6 is 0 Å². The molecule has 0 radical (unpaired) electrons. The fraction of sp³-hybridized carbons (Fsp3) is 0.222. The molecule has 136 valence electrons. The van der Waals surface area contributed by atoms with Crippen LogP contribution in [0.1, 0.15) is 21.5 Å². The quantitative estimate of drug-likeness (QED) is 0.885. The van der Waals surface area contributed by atoms with Crippen LogP contribution in [-0.4, -0.2) is 38.2 Å². The van der Waals surface area contributed by atoms with Crippen molar-refractivity contribution in [1.82, 2.24) is 4.31 Å². The SMILES string of the molecule is COc1ccc(C)cc1NC(=O)CN1C(=O)c2cccc(C)c2S1(=O)=O. The van der Waals surface area contributed by atoms with Crippen molar-refractivity contribution in [3.8, 4) is 5.75 Å². The third kappa shape index (κ3) is 2.92. The van der Waals surface area contributed by atoms with E-state index in [-0.39, 0.29) is 10.5 Å². The highest BCUT2D eigenvalue weighted by Gasteiger charge is 2.43. The summed E-state index contributed by atoms with van der Waals surface area (Å²) in [6.45, 7) is 2.86. The summed E-state index contributed by atoms with van der Waals surface area (Å²) in [6, 6.07) is 9.90. The lowest BCUT2D eigenvalue weighted by atomic mass is 10.1. The van der Waals surface area contributed by atoms with Crippen LogP contribution in [0.4, 0.5) is 5.69 Å². The number of rotatable bonds is 4. The number of nitrogens with zero attached hydrogens (tertiary/aromatic N) is 1. The fourth-order valence-corrected chi connectivity index (χ4v) is 4.65. The first-order valence-corrected chi connectivity index (χ1v) is 9.31. The molecule has 1 N–H and O–H groups in total. The normalized spacial score (nSPS) is 14.9. The molecule has 3 rings (SSSR count). The molecule has 0 spiro atoms. The Morgan fingerprint density at radius 2 is 1.92 bits per heavy atom. The molecular weight excluding hydrogens is 356 g/mol. The van der Waals surface area contributed by atoms with E-state index in [4.69, 9.17) is 4.74 Å². The zero-order chi connectivity index (χ0) is 19.1. The summed E-state index contributed by atoms with van der Waals surface area (Å²) in [6.07, 6.45) is 0. The minimum atomic E-state index is -4.05. The summed E-state index contributed by atoms with van der Waals surface area (Å²) in [7, 11) is -2.58. The van der Waals surface area contributed by atoms with Gasteiger partial charge >= 0.3 is 0 Å². The largest absolute Gasteiger partial charge is 0.495 e. The fourth-order valence-electron chi connectivity index (χ4n) is 2.91. The smallest absolute Gasteiger partial charge is 0.269 e. The number of hydrogen-bond donors (Lipinski definition) is 1. The summed E-state index contributed by atoms with van der Waals surface area (Å²) in [5.41, 5.74) is 1.87. The third-order valence-electron chi connectivity index (χ3n) is 4.13. The van der Waals surface area contributed by atoms with Gasteiger partial charge in [0.05, 0.1) is 18.4 Å². The van der Waals surface area contributed by atoms with E-state index >= 15 is 0 Å². The van der Waals surface area contributed by atoms with Crippen LogP contribution in [0.2, 0.25) is 0 Å². The zero-order valence-electron chi connectivity index (χ0n) is 14.6. The van der Waals surface area contributed by atoms with Crippen LogP contribution in [0, 0.1) is 13.8 Å². The molecule has 0 fully saturated rings. The van der Waals surface area contributed by atoms with E-state index in [0.717, 1.165) is 5.56 Å². The second kappa shape index (κ2) is 6.45. The van der Waals surface area contributed by atoms with Gasteiger partial charge in [-0.15, -0.1) is 0 Å². The van der Waals surface area contributed by atoms with Crippen LogP contribution in [0.15, 0.2) is 41.3 Å². The van der Waals surface area contributed by atoms with Crippen molar-refractivity contribution in [2.75, 3.05) is 19.0 Å². The molecule has 0 bridgehead atoms. The Hall–Kier alpha value is -2.87. The monoisotopic (exact) mass is 374 g/mol. The number of hydrogen-bond acceptors (Lipinski definition) is 5. The summed E-state index contributed by atoms with van der Waals surface area (Å²) in [5.74, 6) is -0.884. The van der Waals surface area contributed by atoms with Crippen molar-refractivity contribution in [3.05, 3.63) is 53.1 Å². The molecule has 0 aliphatic carbocycles. The van der Waals surface area contributed by atoms with Gasteiger partial charge in [0.15, 0.2) is 0 Å². The number of carbonyl (C=O) groups is 2. The third-order valence-corrected chi connectivity index (χ3v) is 6.07. The Morgan fingerprint density at radius 3 is 2.58 bits per heavy atom. The average molecular weight is 374 g/mol. The average Bonchev–Trinajstić information content (AvgIpc) is 2.77. The van der Waals surface area contributed by atoms with E-state index in [1.807, 2.05) is 13.0 Å². The molecule has 1 aliphatic heterocycles. The highest BCUT2D eigenvalue weighted by Crippen LogP contribution is 2.32. The highest BCUT2D eigenvalue weighted by atomic mass is 32.2. The van der Waals surface area contributed by atoms with Crippen molar-refractivity contribution < 1.29 is 22.7 Å². The van der Waals surface area contributed by atoms with Crippen LogP contribution in [-0.2, 0) is 14.8 Å². The lowest BCUT2D eigenvalue weighted by Crippen LogP contribution is -2.37. The van der Waals surface area contributed by atoms with Gasteiger partial charge in [-0.25, -0.2) is 12.7 Å². The summed E-state index contributed by atoms with van der Waals surface area (Å²) < 4.78 is 31.1. The van der Waals surface area contributed by atoms with Crippen molar-refractivity contribution in [3.63, 3.8) is 0 Å². The number of carbonyl (C=O) groups excluding carboxylic acids is 2. The van der Waals surface area contributed by atoms with Crippen LogP contribution in [0.25, 0.3) is 0 Å². The lowest BCUT2D eigenvalue weighted by Gasteiger charge is -2.16. The molecule has 0 aromatic heterocycles. The van der Waals surface area contributed by atoms with E-state index in [2.05, 4.69) is 5.32 Å². The molecule has 0 saturated carbocycles. The Balaban J connectivity index is 1.86. The van der Waals surface area contributed by atoms with Gasteiger partial charge in [0.2, 0.25) is 5.91 Å². The van der Waals surface area contributed by atoms with Gasteiger partial charge in [-0.3, -0.25) is 9.59 Å². The lowest BCUT2D eigenvalue weighted by molar-refractivity contribution is -0.116. The van der Waals surface area contributed by atoms with E-state index in [1.54, 1.807) is 31.2 Å². The Bertz CT molecular complexity index is 1010. The summed E-state index contributed by atoms with van der Waals surface area (Å²) in [5, 5.41) is 2.61. The number of sulfonamides is 1. The topological polar surface area (TPSA) is 92.8 Å². The molecular formula is C18H18N2O5S. The van der Waals surface area contributed by atoms with Gasteiger partial charge in [0.25, 0.3) is 15.9 Å². The van der Waals surface area contributed by atoms with Crippen molar-refractivity contribution in [1.29, 1.82) is 0 Å². The van der Waals surface area contributed by atoms with Crippen molar-refractivity contribution in [2.45, 2.75) is 18.7 Å². The Morgan fingerprint density at radius 1 is 1.19 bits per heavy atom. The Labute approximate surface area is 151 Å². The van der Waals surface area contributed by atoms with Gasteiger partial charge in [-0.2, -0.15) is 0 Å². The number of fused-ring (bicyclic) bond motifs is 1. The van der Waals surface area contributed by atoms with E-state index in [9.17, 15) is 18.0 Å². The molecule has 8 heteroatoms. The molecule has 0 atom stereocenters. The maximum Gasteiger partial charge on any atom is 0.269 e. The predicted octanol–water partition coefficient (Wildman–Crippen LogP) is 2.10. The molecule has 2 amide bonds. The van der Waals surface area contributed by atoms with Gasteiger partial charge < -0.3 is 10.1 Å². The second-order valence-corrected chi connectivity index (χ2v) is 7.82. The Kier molecular flexibility index (Phi) is 4.45. The van der Waals surface area contributed by atoms with E-state index < -0.39 is 28.4 Å². The maximum absolute atomic E-state index is 12.7. The molecule has 2 aromatic rings. The first-order chi connectivity index (χ1) is 12.3. The minimum absolute atomic E-state index is 0.0362. The standard InChI is InChI=1S/C18H18N2O5S/c1-11-7-8-15(25-3)14(9-11)19-16(21)10-20-18(22)13-6-4-5-12(2)17(13)26(20,23)24/h4-9H,10H2,1-3H3,(H,19,21). The predicted molar refractivity (Wildman–Crippen MR) is 95.8 cm³/mol. The second-order valence-electron chi connectivity index (χ2n) is 6.02. The molecule has 1 aliphatic rings. The number of amides is 2. The molecule has 1 heterocycles. The van der Waals surface area contributed by atoms with Gasteiger partial charge in [0, 0.05) is 0 Å². The number of aryl methyl sites for hydroxylation is 2. The van der Waals surface area contributed by atoms with Crippen molar-refractivity contribution >= 4 is 27.5 Å². The maximum atomic E-state index is 12.7. The number of ether oxygens (including phenoxy) is 1. The molecule has 7 nitrogen and oxygen atoms in total. The van der Waals surface area contributed by atoms with Gasteiger partial charge in [0.1, 0.15) is 17.2 Å². The number of benzene rings is 2. The number of nitrogens with one attached hydrogen (secondary N) is 1. The molecule has 0 unspecified atom stereocenters. The molecule has 0 saturated heterocycles. The molecule has 2 aromatic carbocycles. The van der Waals surface area contributed by atoms with Gasteiger partial charge in [-0.1, -0.05) is 18.2 Å². The number of methoxy groups -OCH3 is 1. The van der Waals surface area contributed by atoms with E-state index in [0.29, 0.717) is 21.3 Å². The van der Waals surface area contributed by atoms with Crippen LogP contribution in [0.3, 0.4) is 0 Å². The summed E-state index contributed by atoms with van der Waals surface area (Å²) >= 11 is 0. The summed E-state index contributed by atoms with van der Waals surface area (Å²) in [4.78, 5) is 24.8. The first-order valence-electron chi connectivity index (χ1n) is 7.87. The van der Waals surface area contributed by atoms with Gasteiger partial charge in [-0.05, 0) is 43.2 Å².